The molecule has 4 heteroatoms. The van der Waals surface area contributed by atoms with Gasteiger partial charge in [-0.3, -0.25) is 9.59 Å². The maximum Gasteiger partial charge on any atom is 0.255 e. The monoisotopic (exact) mass is 336 g/mol. The smallest absolute Gasteiger partial charge is 0.255 e. The minimum atomic E-state index is -0.129. The molecule has 0 saturated carbocycles. The van der Waals surface area contributed by atoms with Gasteiger partial charge in [-0.05, 0) is 49.1 Å². The van der Waals surface area contributed by atoms with Crippen LogP contribution in [0.4, 0.5) is 11.4 Å². The quantitative estimate of drug-likeness (QED) is 0.914. The van der Waals surface area contributed by atoms with Crippen molar-refractivity contribution in [1.82, 2.24) is 0 Å². The van der Waals surface area contributed by atoms with Gasteiger partial charge in [-0.1, -0.05) is 38.1 Å². The molecule has 1 heterocycles. The minimum absolute atomic E-state index is 0.0452. The molecule has 0 radical (unpaired) electrons. The number of hydrogen-bond acceptors (Lipinski definition) is 2. The molecule has 0 aromatic heterocycles. The SMILES string of the molecule is Cc1ccccc1C(=O)Nc1ccc2c(c1)N(C(=O)C(C)C)CCC2. The van der Waals surface area contributed by atoms with E-state index >= 15 is 0 Å². The summed E-state index contributed by atoms with van der Waals surface area (Å²) in [6.45, 7) is 6.49. The van der Waals surface area contributed by atoms with Gasteiger partial charge in [0.1, 0.15) is 0 Å². The molecule has 0 unspecified atom stereocenters. The number of rotatable bonds is 3. The summed E-state index contributed by atoms with van der Waals surface area (Å²) in [5.41, 5.74) is 4.40. The van der Waals surface area contributed by atoms with Crippen LogP contribution in [0.15, 0.2) is 42.5 Å². The van der Waals surface area contributed by atoms with Crippen molar-refractivity contribution in [2.75, 3.05) is 16.8 Å². The average molecular weight is 336 g/mol. The Bertz CT molecular complexity index is 811. The minimum Gasteiger partial charge on any atom is -0.322 e. The van der Waals surface area contributed by atoms with Crippen LogP contribution in [0.2, 0.25) is 0 Å². The van der Waals surface area contributed by atoms with E-state index in [4.69, 9.17) is 0 Å². The zero-order valence-corrected chi connectivity index (χ0v) is 15.0. The van der Waals surface area contributed by atoms with E-state index < -0.39 is 0 Å². The maximum absolute atomic E-state index is 12.5. The highest BCUT2D eigenvalue weighted by atomic mass is 16.2. The lowest BCUT2D eigenvalue weighted by Crippen LogP contribution is -2.38. The van der Waals surface area contributed by atoms with Gasteiger partial charge in [-0.15, -0.1) is 0 Å². The van der Waals surface area contributed by atoms with Crippen molar-refractivity contribution < 1.29 is 9.59 Å². The fourth-order valence-electron chi connectivity index (χ4n) is 3.22. The topological polar surface area (TPSA) is 49.4 Å². The normalized spacial score (nSPS) is 13.5. The number of benzene rings is 2. The summed E-state index contributed by atoms with van der Waals surface area (Å²) in [4.78, 5) is 26.9. The molecule has 0 bridgehead atoms. The van der Waals surface area contributed by atoms with Gasteiger partial charge < -0.3 is 10.2 Å². The summed E-state index contributed by atoms with van der Waals surface area (Å²) in [6.07, 6.45) is 1.93. The fourth-order valence-corrected chi connectivity index (χ4v) is 3.22. The second-order valence-electron chi connectivity index (χ2n) is 6.86. The fraction of sp³-hybridized carbons (Fsp3) is 0.333. The van der Waals surface area contributed by atoms with Crippen LogP contribution in [0.1, 0.15) is 41.8 Å². The van der Waals surface area contributed by atoms with Crippen LogP contribution < -0.4 is 10.2 Å². The van der Waals surface area contributed by atoms with Gasteiger partial charge in [0.05, 0.1) is 0 Å². The Hall–Kier alpha value is -2.62. The molecule has 4 nitrogen and oxygen atoms in total. The lowest BCUT2D eigenvalue weighted by molar-refractivity contribution is -0.121. The number of fused-ring (bicyclic) bond motifs is 1. The van der Waals surface area contributed by atoms with Crippen molar-refractivity contribution in [3.63, 3.8) is 0 Å². The molecular weight excluding hydrogens is 312 g/mol. The Kier molecular flexibility index (Phi) is 4.88. The molecule has 1 aliphatic rings. The van der Waals surface area contributed by atoms with Gasteiger partial charge in [0.25, 0.3) is 5.91 Å². The van der Waals surface area contributed by atoms with Gasteiger partial charge in [0.2, 0.25) is 5.91 Å². The van der Waals surface area contributed by atoms with Gasteiger partial charge in [-0.2, -0.15) is 0 Å². The Morgan fingerprint density at radius 3 is 2.60 bits per heavy atom. The second kappa shape index (κ2) is 7.09. The number of hydrogen-bond donors (Lipinski definition) is 1. The average Bonchev–Trinajstić information content (AvgIpc) is 2.60. The van der Waals surface area contributed by atoms with Crippen LogP contribution in [0, 0.1) is 12.8 Å². The van der Waals surface area contributed by atoms with Crippen molar-refractivity contribution in [1.29, 1.82) is 0 Å². The van der Waals surface area contributed by atoms with Crippen molar-refractivity contribution >= 4 is 23.2 Å². The molecule has 0 atom stereocenters. The first-order valence-electron chi connectivity index (χ1n) is 8.78. The van der Waals surface area contributed by atoms with Gasteiger partial charge in [-0.25, -0.2) is 0 Å². The van der Waals surface area contributed by atoms with Crippen molar-refractivity contribution in [2.45, 2.75) is 33.6 Å². The van der Waals surface area contributed by atoms with Crippen LogP contribution in [0.5, 0.6) is 0 Å². The van der Waals surface area contributed by atoms with Gasteiger partial charge in [0, 0.05) is 29.4 Å². The van der Waals surface area contributed by atoms with E-state index in [0.717, 1.165) is 41.9 Å². The summed E-state index contributed by atoms with van der Waals surface area (Å²) in [7, 11) is 0. The number of aryl methyl sites for hydroxylation is 2. The van der Waals surface area contributed by atoms with Crippen LogP contribution in [0.25, 0.3) is 0 Å². The maximum atomic E-state index is 12.5. The Balaban J connectivity index is 1.87. The third-order valence-electron chi connectivity index (χ3n) is 4.61. The van der Waals surface area contributed by atoms with Gasteiger partial charge >= 0.3 is 0 Å². The first-order valence-corrected chi connectivity index (χ1v) is 8.78. The Morgan fingerprint density at radius 2 is 1.88 bits per heavy atom. The first kappa shape index (κ1) is 17.2. The van der Waals surface area contributed by atoms with E-state index in [1.165, 1.54) is 0 Å². The summed E-state index contributed by atoms with van der Waals surface area (Å²) in [6, 6.07) is 13.4. The molecule has 0 spiro atoms. The predicted octanol–water partition coefficient (Wildman–Crippen LogP) is 4.18. The molecule has 25 heavy (non-hydrogen) atoms. The second-order valence-corrected chi connectivity index (χ2v) is 6.86. The van der Waals surface area contributed by atoms with Crippen molar-refractivity contribution in [3.8, 4) is 0 Å². The third kappa shape index (κ3) is 3.58. The third-order valence-corrected chi connectivity index (χ3v) is 4.61. The van der Waals surface area contributed by atoms with Crippen molar-refractivity contribution in [2.24, 2.45) is 5.92 Å². The van der Waals surface area contributed by atoms with E-state index in [2.05, 4.69) is 5.32 Å². The number of carbonyl (C=O) groups excluding carboxylic acids is 2. The van der Waals surface area contributed by atoms with E-state index in [9.17, 15) is 9.59 Å². The van der Waals surface area contributed by atoms with Crippen LogP contribution in [-0.4, -0.2) is 18.4 Å². The zero-order chi connectivity index (χ0) is 18.0. The lowest BCUT2D eigenvalue weighted by Gasteiger charge is -2.31. The molecule has 2 amide bonds. The van der Waals surface area contributed by atoms with E-state index in [0.29, 0.717) is 5.56 Å². The van der Waals surface area contributed by atoms with E-state index in [1.54, 1.807) is 0 Å². The molecule has 0 saturated heterocycles. The van der Waals surface area contributed by atoms with Crippen LogP contribution in [0.3, 0.4) is 0 Å². The lowest BCUT2D eigenvalue weighted by atomic mass is 9.99. The van der Waals surface area contributed by atoms with Crippen LogP contribution >= 0.6 is 0 Å². The molecule has 1 aliphatic heterocycles. The zero-order valence-electron chi connectivity index (χ0n) is 15.0. The highest BCUT2D eigenvalue weighted by Gasteiger charge is 2.24. The Morgan fingerprint density at radius 1 is 1.12 bits per heavy atom. The molecule has 2 aromatic carbocycles. The van der Waals surface area contributed by atoms with Gasteiger partial charge in [0.15, 0.2) is 0 Å². The number of carbonyl (C=O) groups is 2. The Labute approximate surface area is 148 Å². The standard InChI is InChI=1S/C21H24N2O2/c1-14(2)21(25)23-12-6-8-16-10-11-17(13-19(16)23)22-20(24)18-9-5-4-7-15(18)3/h4-5,7,9-11,13-14H,6,8,12H2,1-3H3,(H,22,24). The number of nitrogens with one attached hydrogen (secondary N) is 1. The highest BCUT2D eigenvalue weighted by molar-refractivity contribution is 6.06. The molecule has 0 fully saturated rings. The number of anilines is 2. The molecule has 2 aromatic rings. The summed E-state index contributed by atoms with van der Waals surface area (Å²) >= 11 is 0. The van der Waals surface area contributed by atoms with E-state index in [-0.39, 0.29) is 17.7 Å². The predicted molar refractivity (Wildman–Crippen MR) is 101 cm³/mol. The number of nitrogens with zero attached hydrogens (tertiary/aromatic N) is 1. The van der Waals surface area contributed by atoms with Crippen molar-refractivity contribution in [3.05, 3.63) is 59.2 Å². The molecule has 0 aliphatic carbocycles. The largest absolute Gasteiger partial charge is 0.322 e. The highest BCUT2D eigenvalue weighted by Crippen LogP contribution is 2.31. The summed E-state index contributed by atoms with van der Waals surface area (Å²) in [5, 5.41) is 2.96. The summed E-state index contributed by atoms with van der Waals surface area (Å²) < 4.78 is 0. The molecular formula is C21H24N2O2. The van der Waals surface area contributed by atoms with E-state index in [1.807, 2.05) is 68.1 Å². The molecule has 130 valence electrons. The number of amides is 2. The summed E-state index contributed by atoms with van der Waals surface area (Å²) in [5.74, 6) is -0.0462. The first-order chi connectivity index (χ1) is 12.0. The molecule has 1 N–H and O–H groups in total. The molecule has 3 rings (SSSR count). The van der Waals surface area contributed by atoms with Crippen LogP contribution in [-0.2, 0) is 11.2 Å².